The Labute approximate surface area is 146 Å². The van der Waals surface area contributed by atoms with Gasteiger partial charge in [-0.2, -0.15) is 0 Å². The van der Waals surface area contributed by atoms with E-state index in [1.54, 1.807) is 7.05 Å². The van der Waals surface area contributed by atoms with Crippen molar-refractivity contribution >= 4 is 35.8 Å². The molecular formula is C15H31IN4O. The molecule has 1 unspecified atom stereocenters. The summed E-state index contributed by atoms with van der Waals surface area (Å²) in [5.74, 6) is 1.26. The third kappa shape index (κ3) is 8.48. The summed E-state index contributed by atoms with van der Waals surface area (Å²) < 4.78 is 0. The molecule has 1 atom stereocenters. The van der Waals surface area contributed by atoms with E-state index in [1.807, 2.05) is 0 Å². The Hall–Kier alpha value is -0.530. The Bertz CT molecular complexity index is 328. The molecule has 0 aromatic carbocycles. The van der Waals surface area contributed by atoms with Gasteiger partial charge in [-0.05, 0) is 25.7 Å². The van der Waals surface area contributed by atoms with Crippen LogP contribution in [-0.2, 0) is 4.79 Å². The summed E-state index contributed by atoms with van der Waals surface area (Å²) in [5.41, 5.74) is 0. The molecule has 0 spiro atoms. The highest BCUT2D eigenvalue weighted by Gasteiger charge is 2.16. The van der Waals surface area contributed by atoms with Crippen LogP contribution < -0.4 is 16.0 Å². The number of guanidine groups is 1. The topological polar surface area (TPSA) is 65.5 Å². The van der Waals surface area contributed by atoms with E-state index in [2.05, 4.69) is 41.7 Å². The Kier molecular flexibility index (Phi) is 10.8. The second kappa shape index (κ2) is 11.1. The van der Waals surface area contributed by atoms with Crippen LogP contribution in [0.1, 0.15) is 52.9 Å². The smallest absolute Gasteiger partial charge is 0.239 e. The summed E-state index contributed by atoms with van der Waals surface area (Å²) in [6, 6.07) is 0.685. The van der Waals surface area contributed by atoms with Crippen LogP contribution in [0.15, 0.2) is 4.99 Å². The maximum atomic E-state index is 11.9. The van der Waals surface area contributed by atoms with Gasteiger partial charge in [-0.25, -0.2) is 0 Å². The van der Waals surface area contributed by atoms with Crippen molar-refractivity contribution in [1.82, 2.24) is 16.0 Å². The van der Waals surface area contributed by atoms with E-state index in [0.717, 1.165) is 12.8 Å². The summed E-state index contributed by atoms with van der Waals surface area (Å²) in [6.07, 6.45) is 5.99. The van der Waals surface area contributed by atoms with Crippen LogP contribution in [-0.4, -0.2) is 37.5 Å². The predicted molar refractivity (Wildman–Crippen MR) is 99.2 cm³/mol. The van der Waals surface area contributed by atoms with Crippen molar-refractivity contribution in [2.75, 3.05) is 13.6 Å². The van der Waals surface area contributed by atoms with Gasteiger partial charge in [0, 0.05) is 19.1 Å². The largest absolute Gasteiger partial charge is 0.354 e. The Morgan fingerprint density at radius 1 is 1.19 bits per heavy atom. The van der Waals surface area contributed by atoms with Gasteiger partial charge in [-0.1, -0.05) is 33.1 Å². The molecule has 0 aromatic heterocycles. The fourth-order valence-corrected chi connectivity index (χ4v) is 2.27. The van der Waals surface area contributed by atoms with Crippen LogP contribution in [0.25, 0.3) is 0 Å². The lowest BCUT2D eigenvalue weighted by Crippen LogP contribution is -2.48. The van der Waals surface area contributed by atoms with E-state index in [-0.39, 0.29) is 36.4 Å². The van der Waals surface area contributed by atoms with Crippen molar-refractivity contribution in [2.45, 2.75) is 65.0 Å². The number of carbonyl (C=O) groups excluding carboxylic acids is 1. The molecule has 1 aliphatic carbocycles. The second-order valence-corrected chi connectivity index (χ2v) is 6.01. The third-order valence-electron chi connectivity index (χ3n) is 3.97. The molecule has 0 bridgehead atoms. The van der Waals surface area contributed by atoms with Gasteiger partial charge in [0.15, 0.2) is 5.96 Å². The zero-order chi connectivity index (χ0) is 15.0. The first kappa shape index (κ1) is 20.5. The molecule has 0 aliphatic heterocycles. The minimum absolute atomic E-state index is 0. The molecule has 124 valence electrons. The van der Waals surface area contributed by atoms with Crippen LogP contribution in [0.5, 0.6) is 0 Å². The van der Waals surface area contributed by atoms with Gasteiger partial charge in [-0.3, -0.25) is 9.79 Å². The van der Waals surface area contributed by atoms with Gasteiger partial charge in [0.25, 0.3) is 0 Å². The molecule has 0 heterocycles. The van der Waals surface area contributed by atoms with E-state index in [9.17, 15) is 4.79 Å². The molecule has 1 saturated carbocycles. The quantitative estimate of drug-likeness (QED) is 0.370. The molecule has 0 radical (unpaired) electrons. The van der Waals surface area contributed by atoms with Crippen LogP contribution in [0.2, 0.25) is 0 Å². The zero-order valence-corrected chi connectivity index (χ0v) is 16.1. The zero-order valence-electron chi connectivity index (χ0n) is 13.7. The van der Waals surface area contributed by atoms with Crippen LogP contribution in [0.4, 0.5) is 0 Å². The first-order valence-electron chi connectivity index (χ1n) is 7.79. The van der Waals surface area contributed by atoms with E-state index in [1.165, 1.54) is 19.3 Å². The van der Waals surface area contributed by atoms with Crippen molar-refractivity contribution in [3.63, 3.8) is 0 Å². The van der Waals surface area contributed by atoms with Gasteiger partial charge < -0.3 is 16.0 Å². The van der Waals surface area contributed by atoms with E-state index >= 15 is 0 Å². The van der Waals surface area contributed by atoms with Crippen molar-refractivity contribution < 1.29 is 4.79 Å². The summed E-state index contributed by atoms with van der Waals surface area (Å²) in [4.78, 5) is 16.0. The molecule has 3 N–H and O–H groups in total. The molecule has 1 rings (SSSR count). The fraction of sp³-hybridized carbons (Fsp3) is 0.867. The molecule has 6 heteroatoms. The number of rotatable bonds is 5. The summed E-state index contributed by atoms with van der Waals surface area (Å²) >= 11 is 0. The number of hydrogen-bond donors (Lipinski definition) is 3. The minimum Gasteiger partial charge on any atom is -0.354 e. The monoisotopic (exact) mass is 410 g/mol. The van der Waals surface area contributed by atoms with Crippen LogP contribution >= 0.6 is 24.0 Å². The lowest BCUT2D eigenvalue weighted by Gasteiger charge is -2.24. The molecule has 1 amide bonds. The number of amides is 1. The van der Waals surface area contributed by atoms with Crippen LogP contribution in [0.3, 0.4) is 0 Å². The molecule has 21 heavy (non-hydrogen) atoms. The average molecular weight is 410 g/mol. The lowest BCUT2D eigenvalue weighted by atomic mass is 9.95. The van der Waals surface area contributed by atoms with Crippen molar-refractivity contribution in [3.8, 4) is 0 Å². The van der Waals surface area contributed by atoms with Gasteiger partial charge in [0.1, 0.15) is 0 Å². The molecule has 0 saturated heterocycles. The molecule has 1 fully saturated rings. The lowest BCUT2D eigenvalue weighted by molar-refractivity contribution is -0.120. The number of carbonyl (C=O) groups is 1. The van der Waals surface area contributed by atoms with E-state index in [4.69, 9.17) is 0 Å². The fourth-order valence-electron chi connectivity index (χ4n) is 2.27. The third-order valence-corrected chi connectivity index (χ3v) is 3.97. The van der Waals surface area contributed by atoms with Crippen LogP contribution in [0, 0.1) is 5.92 Å². The van der Waals surface area contributed by atoms with Crippen molar-refractivity contribution in [3.05, 3.63) is 0 Å². The number of hydrogen-bond acceptors (Lipinski definition) is 2. The van der Waals surface area contributed by atoms with Gasteiger partial charge in [0.2, 0.25) is 5.91 Å². The average Bonchev–Trinajstić information content (AvgIpc) is 2.44. The summed E-state index contributed by atoms with van der Waals surface area (Å²) in [7, 11) is 1.72. The first-order chi connectivity index (χ1) is 9.52. The highest BCUT2D eigenvalue weighted by molar-refractivity contribution is 14.0. The number of aliphatic imine (C=N–C) groups is 1. The molecule has 0 aromatic rings. The Balaban J connectivity index is 0.00000400. The van der Waals surface area contributed by atoms with E-state index in [0.29, 0.717) is 24.0 Å². The number of halogens is 1. The van der Waals surface area contributed by atoms with E-state index < -0.39 is 0 Å². The predicted octanol–water partition coefficient (Wildman–Crippen LogP) is 2.26. The SMILES string of the molecule is CN=C(NCC(=O)NC1CCCCC1)NC(C)C(C)C.I. The maximum Gasteiger partial charge on any atom is 0.239 e. The standard InChI is InChI=1S/C15H30N4O.HI/c1-11(2)12(3)18-15(16-4)17-10-14(20)19-13-8-6-5-7-9-13;/h11-13H,5-10H2,1-4H3,(H,19,20)(H2,16,17,18);1H. The second-order valence-electron chi connectivity index (χ2n) is 6.01. The normalized spacial score (nSPS) is 17.9. The molecule has 1 aliphatic rings. The van der Waals surface area contributed by atoms with Gasteiger partial charge in [-0.15, -0.1) is 24.0 Å². The summed E-state index contributed by atoms with van der Waals surface area (Å²) in [5, 5.41) is 9.45. The first-order valence-corrected chi connectivity index (χ1v) is 7.79. The highest BCUT2D eigenvalue weighted by Crippen LogP contribution is 2.17. The van der Waals surface area contributed by atoms with Gasteiger partial charge in [0.05, 0.1) is 6.54 Å². The van der Waals surface area contributed by atoms with Crippen molar-refractivity contribution in [2.24, 2.45) is 10.9 Å². The maximum absolute atomic E-state index is 11.9. The Morgan fingerprint density at radius 2 is 1.81 bits per heavy atom. The number of nitrogens with one attached hydrogen (secondary N) is 3. The minimum atomic E-state index is 0. The highest BCUT2D eigenvalue weighted by atomic mass is 127. The summed E-state index contributed by atoms with van der Waals surface area (Å²) in [6.45, 7) is 6.70. The van der Waals surface area contributed by atoms with Crippen molar-refractivity contribution in [1.29, 1.82) is 0 Å². The molecule has 5 nitrogen and oxygen atoms in total. The Morgan fingerprint density at radius 3 is 2.33 bits per heavy atom. The number of nitrogens with zero attached hydrogens (tertiary/aromatic N) is 1. The molecular weight excluding hydrogens is 379 g/mol. The van der Waals surface area contributed by atoms with Gasteiger partial charge >= 0.3 is 0 Å².